The third kappa shape index (κ3) is 4.76. The number of benzene rings is 1. The van der Waals surface area contributed by atoms with E-state index in [0.29, 0.717) is 0 Å². The zero-order valence-corrected chi connectivity index (χ0v) is 14.5. The SMILES string of the molecule is Cc1ccc(CCc2ccc(CCc3cncc(C)c3)cn2)cc1. The molecular formula is C22H24N2. The third-order valence-corrected chi connectivity index (χ3v) is 4.31. The van der Waals surface area contributed by atoms with E-state index in [2.05, 4.69) is 66.3 Å². The predicted molar refractivity (Wildman–Crippen MR) is 99.2 cm³/mol. The highest BCUT2D eigenvalue weighted by molar-refractivity contribution is 5.23. The summed E-state index contributed by atoms with van der Waals surface area (Å²) in [4.78, 5) is 8.88. The number of hydrogen-bond acceptors (Lipinski definition) is 2. The highest BCUT2D eigenvalue weighted by Gasteiger charge is 2.00. The van der Waals surface area contributed by atoms with Crippen molar-refractivity contribution >= 4 is 0 Å². The van der Waals surface area contributed by atoms with Crippen molar-refractivity contribution in [2.45, 2.75) is 39.5 Å². The maximum absolute atomic E-state index is 4.63. The van der Waals surface area contributed by atoms with Crippen LogP contribution in [0.2, 0.25) is 0 Å². The Morgan fingerprint density at radius 2 is 1.33 bits per heavy atom. The molecular weight excluding hydrogens is 292 g/mol. The van der Waals surface area contributed by atoms with E-state index in [1.807, 2.05) is 18.6 Å². The predicted octanol–water partition coefficient (Wildman–Crippen LogP) is 4.66. The summed E-state index contributed by atoms with van der Waals surface area (Å²) in [6, 6.07) is 15.3. The lowest BCUT2D eigenvalue weighted by molar-refractivity contribution is 0.891. The van der Waals surface area contributed by atoms with E-state index >= 15 is 0 Å². The summed E-state index contributed by atoms with van der Waals surface area (Å²) in [5.41, 5.74) is 7.64. The number of aromatic nitrogens is 2. The molecule has 0 saturated heterocycles. The Balaban J connectivity index is 1.52. The van der Waals surface area contributed by atoms with E-state index in [1.54, 1.807) is 0 Å². The summed E-state index contributed by atoms with van der Waals surface area (Å²) in [6.45, 7) is 4.21. The summed E-state index contributed by atoms with van der Waals surface area (Å²) in [5.74, 6) is 0. The molecule has 3 aromatic rings. The smallest absolute Gasteiger partial charge is 0.0407 e. The first-order valence-corrected chi connectivity index (χ1v) is 8.59. The van der Waals surface area contributed by atoms with Crippen LogP contribution in [0.1, 0.15) is 33.5 Å². The lowest BCUT2D eigenvalue weighted by Crippen LogP contribution is -1.97. The van der Waals surface area contributed by atoms with Crippen molar-refractivity contribution in [1.82, 2.24) is 9.97 Å². The average Bonchev–Trinajstić information content (AvgIpc) is 2.60. The van der Waals surface area contributed by atoms with Gasteiger partial charge in [-0.15, -0.1) is 0 Å². The van der Waals surface area contributed by atoms with Gasteiger partial charge in [-0.25, -0.2) is 0 Å². The zero-order valence-electron chi connectivity index (χ0n) is 14.5. The van der Waals surface area contributed by atoms with Crippen LogP contribution in [-0.4, -0.2) is 9.97 Å². The van der Waals surface area contributed by atoms with Gasteiger partial charge in [-0.2, -0.15) is 0 Å². The summed E-state index contributed by atoms with van der Waals surface area (Å²) in [6.07, 6.45) is 9.93. The Kier molecular flexibility index (Phi) is 5.37. The second kappa shape index (κ2) is 7.87. The van der Waals surface area contributed by atoms with E-state index < -0.39 is 0 Å². The standard InChI is InChI=1S/C22H24N2/c1-17-3-5-19(6-4-17)9-11-22-12-10-20(16-24-22)7-8-21-13-18(2)14-23-15-21/h3-6,10,12-16H,7-9,11H2,1-2H3. The van der Waals surface area contributed by atoms with Gasteiger partial charge in [0.25, 0.3) is 0 Å². The second-order valence-corrected chi connectivity index (χ2v) is 6.51. The second-order valence-electron chi connectivity index (χ2n) is 6.51. The molecule has 0 bridgehead atoms. The average molecular weight is 316 g/mol. The van der Waals surface area contributed by atoms with E-state index in [1.165, 1.54) is 27.8 Å². The van der Waals surface area contributed by atoms with Gasteiger partial charge in [0, 0.05) is 24.3 Å². The molecule has 1 aromatic carbocycles. The van der Waals surface area contributed by atoms with Crippen molar-refractivity contribution in [3.05, 3.63) is 94.6 Å². The van der Waals surface area contributed by atoms with E-state index in [0.717, 1.165) is 31.4 Å². The molecule has 3 rings (SSSR count). The van der Waals surface area contributed by atoms with Crippen molar-refractivity contribution < 1.29 is 0 Å². The van der Waals surface area contributed by atoms with Gasteiger partial charge < -0.3 is 0 Å². The van der Waals surface area contributed by atoms with Gasteiger partial charge in [0.2, 0.25) is 0 Å². The van der Waals surface area contributed by atoms with Crippen molar-refractivity contribution in [3.63, 3.8) is 0 Å². The van der Waals surface area contributed by atoms with Crippen LogP contribution >= 0.6 is 0 Å². The van der Waals surface area contributed by atoms with Crippen LogP contribution in [0, 0.1) is 13.8 Å². The topological polar surface area (TPSA) is 25.8 Å². The normalized spacial score (nSPS) is 10.8. The molecule has 122 valence electrons. The van der Waals surface area contributed by atoms with Crippen LogP contribution in [0.25, 0.3) is 0 Å². The first-order valence-electron chi connectivity index (χ1n) is 8.59. The molecule has 2 nitrogen and oxygen atoms in total. The number of pyridine rings is 2. The summed E-state index contributed by atoms with van der Waals surface area (Å²) >= 11 is 0. The minimum absolute atomic E-state index is 0.991. The van der Waals surface area contributed by atoms with Crippen LogP contribution in [-0.2, 0) is 25.7 Å². The molecule has 0 N–H and O–H groups in total. The molecule has 0 fully saturated rings. The summed E-state index contributed by atoms with van der Waals surface area (Å²) < 4.78 is 0. The number of hydrogen-bond donors (Lipinski definition) is 0. The fourth-order valence-electron chi connectivity index (χ4n) is 2.82. The molecule has 0 saturated carbocycles. The van der Waals surface area contributed by atoms with Gasteiger partial charge in [-0.3, -0.25) is 9.97 Å². The Morgan fingerprint density at radius 3 is 2.04 bits per heavy atom. The van der Waals surface area contributed by atoms with Crippen LogP contribution in [0.4, 0.5) is 0 Å². The van der Waals surface area contributed by atoms with E-state index in [-0.39, 0.29) is 0 Å². The van der Waals surface area contributed by atoms with Gasteiger partial charge in [0.15, 0.2) is 0 Å². The Hall–Kier alpha value is -2.48. The molecule has 0 atom stereocenters. The third-order valence-electron chi connectivity index (χ3n) is 4.31. The minimum atomic E-state index is 0.991. The molecule has 0 radical (unpaired) electrons. The zero-order chi connectivity index (χ0) is 16.8. The Morgan fingerprint density at radius 1 is 0.625 bits per heavy atom. The van der Waals surface area contributed by atoms with Crippen molar-refractivity contribution in [1.29, 1.82) is 0 Å². The van der Waals surface area contributed by atoms with Crippen molar-refractivity contribution in [2.24, 2.45) is 0 Å². The number of nitrogens with zero attached hydrogens (tertiary/aromatic N) is 2. The summed E-state index contributed by atoms with van der Waals surface area (Å²) in [5, 5.41) is 0. The molecule has 2 heterocycles. The molecule has 0 unspecified atom stereocenters. The lowest BCUT2D eigenvalue weighted by atomic mass is 10.0. The maximum atomic E-state index is 4.63. The first kappa shape index (κ1) is 16.4. The quantitative estimate of drug-likeness (QED) is 0.661. The molecule has 0 aliphatic rings. The Bertz CT molecular complexity index is 774. The largest absolute Gasteiger partial charge is 0.264 e. The van der Waals surface area contributed by atoms with E-state index in [4.69, 9.17) is 0 Å². The Labute approximate surface area is 144 Å². The van der Waals surface area contributed by atoms with Crippen LogP contribution < -0.4 is 0 Å². The number of rotatable bonds is 6. The number of aryl methyl sites for hydroxylation is 6. The van der Waals surface area contributed by atoms with Crippen molar-refractivity contribution in [3.8, 4) is 0 Å². The lowest BCUT2D eigenvalue weighted by Gasteiger charge is -2.05. The molecule has 0 spiro atoms. The first-order chi connectivity index (χ1) is 11.7. The van der Waals surface area contributed by atoms with Crippen molar-refractivity contribution in [2.75, 3.05) is 0 Å². The van der Waals surface area contributed by atoms with Crippen LogP contribution in [0.3, 0.4) is 0 Å². The highest BCUT2D eigenvalue weighted by Crippen LogP contribution is 2.10. The molecule has 0 amide bonds. The molecule has 0 aliphatic heterocycles. The van der Waals surface area contributed by atoms with E-state index in [9.17, 15) is 0 Å². The molecule has 2 heteroatoms. The van der Waals surface area contributed by atoms with Gasteiger partial charge >= 0.3 is 0 Å². The van der Waals surface area contributed by atoms with Gasteiger partial charge in [-0.1, -0.05) is 42.0 Å². The summed E-state index contributed by atoms with van der Waals surface area (Å²) in [7, 11) is 0. The van der Waals surface area contributed by atoms with Gasteiger partial charge in [-0.05, 0) is 67.9 Å². The maximum Gasteiger partial charge on any atom is 0.0407 e. The molecule has 0 aliphatic carbocycles. The van der Waals surface area contributed by atoms with Crippen LogP contribution in [0.15, 0.2) is 61.1 Å². The highest BCUT2D eigenvalue weighted by atomic mass is 14.7. The van der Waals surface area contributed by atoms with Gasteiger partial charge in [0.05, 0.1) is 0 Å². The van der Waals surface area contributed by atoms with Crippen LogP contribution in [0.5, 0.6) is 0 Å². The molecule has 24 heavy (non-hydrogen) atoms. The fraction of sp³-hybridized carbons (Fsp3) is 0.273. The van der Waals surface area contributed by atoms with Gasteiger partial charge in [0.1, 0.15) is 0 Å². The minimum Gasteiger partial charge on any atom is -0.264 e. The fourth-order valence-corrected chi connectivity index (χ4v) is 2.82. The monoisotopic (exact) mass is 316 g/mol. The molecule has 2 aromatic heterocycles.